The second-order valence-corrected chi connectivity index (χ2v) is 5.84. The zero-order chi connectivity index (χ0) is 20.0. The number of methoxy groups -OCH3 is 1. The summed E-state index contributed by atoms with van der Waals surface area (Å²) in [5, 5.41) is 21.8. The van der Waals surface area contributed by atoms with Crippen molar-refractivity contribution in [2.24, 2.45) is 10.2 Å². The van der Waals surface area contributed by atoms with Crippen molar-refractivity contribution in [3.8, 4) is 5.75 Å². The number of hydrogen-bond acceptors (Lipinski definition) is 7. The Morgan fingerprint density at radius 2 is 1.89 bits per heavy atom. The number of nitro groups is 1. The van der Waals surface area contributed by atoms with Gasteiger partial charge in [-0.25, -0.2) is 0 Å². The molecule has 0 aliphatic carbocycles. The maximum Gasteiger partial charge on any atom is 0.298 e. The first-order valence-corrected chi connectivity index (χ1v) is 8.01. The molecular weight excluding hydrogens is 376 g/mol. The number of ketones is 1. The summed E-state index contributed by atoms with van der Waals surface area (Å²) < 4.78 is 5.11. The van der Waals surface area contributed by atoms with Crippen LogP contribution in [0.1, 0.15) is 13.3 Å². The van der Waals surface area contributed by atoms with E-state index in [9.17, 15) is 19.7 Å². The molecule has 0 saturated heterocycles. The lowest BCUT2D eigenvalue weighted by Crippen LogP contribution is -2.14. The minimum atomic E-state index is -0.624. The molecule has 0 spiro atoms. The fourth-order valence-electron chi connectivity index (χ4n) is 2.08. The molecule has 0 unspecified atom stereocenters. The van der Waals surface area contributed by atoms with Gasteiger partial charge in [0.2, 0.25) is 5.91 Å². The predicted octanol–water partition coefficient (Wildman–Crippen LogP) is 4.59. The first kappa shape index (κ1) is 20.0. The highest BCUT2D eigenvalue weighted by Crippen LogP contribution is 2.34. The second-order valence-electron chi connectivity index (χ2n) is 5.40. The highest BCUT2D eigenvalue weighted by molar-refractivity contribution is 6.30. The second kappa shape index (κ2) is 8.86. The number of nitrogens with one attached hydrogen (secondary N) is 1. The maximum absolute atomic E-state index is 11.8. The van der Waals surface area contributed by atoms with Gasteiger partial charge >= 0.3 is 0 Å². The number of nitrogens with zero attached hydrogens (tertiary/aromatic N) is 3. The van der Waals surface area contributed by atoms with Crippen molar-refractivity contribution in [3.63, 3.8) is 0 Å². The zero-order valence-corrected chi connectivity index (χ0v) is 15.2. The number of rotatable bonds is 7. The third kappa shape index (κ3) is 5.58. The van der Waals surface area contributed by atoms with Crippen LogP contribution in [0.15, 0.2) is 46.6 Å². The van der Waals surface area contributed by atoms with Crippen molar-refractivity contribution in [2.45, 2.75) is 13.3 Å². The standard InChI is InChI=1S/C17H15ClN4O5/c1-10(23)7-17(24)19-13-6-4-12(27-2)9-15(13)21-20-14-5-3-11(18)8-16(14)22(25)26/h3-6,8-9H,7H2,1-2H3,(H,19,24). The smallest absolute Gasteiger partial charge is 0.298 e. The summed E-state index contributed by atoms with van der Waals surface area (Å²) in [4.78, 5) is 33.4. The number of hydrogen-bond donors (Lipinski definition) is 1. The number of azo groups is 1. The SMILES string of the molecule is COc1ccc(NC(=O)CC(C)=O)c(N=Nc2ccc(Cl)cc2[N+](=O)[O-])c1. The van der Waals surface area contributed by atoms with E-state index in [0.29, 0.717) is 5.75 Å². The molecule has 0 fully saturated rings. The van der Waals surface area contributed by atoms with Gasteiger partial charge in [0, 0.05) is 17.2 Å². The summed E-state index contributed by atoms with van der Waals surface area (Å²) >= 11 is 5.77. The zero-order valence-electron chi connectivity index (χ0n) is 14.4. The lowest BCUT2D eigenvalue weighted by atomic mass is 10.2. The van der Waals surface area contributed by atoms with E-state index in [0.717, 1.165) is 6.07 Å². The van der Waals surface area contributed by atoms with Crippen molar-refractivity contribution in [1.82, 2.24) is 0 Å². The fraction of sp³-hybridized carbons (Fsp3) is 0.176. The number of anilines is 1. The molecule has 0 radical (unpaired) electrons. The van der Waals surface area contributed by atoms with Crippen molar-refractivity contribution in [2.75, 3.05) is 12.4 Å². The van der Waals surface area contributed by atoms with Gasteiger partial charge in [-0.3, -0.25) is 19.7 Å². The molecule has 2 aromatic carbocycles. The van der Waals surface area contributed by atoms with Crippen molar-refractivity contribution in [3.05, 3.63) is 51.5 Å². The number of benzene rings is 2. The van der Waals surface area contributed by atoms with Crippen LogP contribution in [-0.2, 0) is 9.59 Å². The van der Waals surface area contributed by atoms with Gasteiger partial charge in [0.15, 0.2) is 5.69 Å². The van der Waals surface area contributed by atoms with E-state index in [1.807, 2.05) is 0 Å². The molecule has 2 aromatic rings. The highest BCUT2D eigenvalue weighted by Gasteiger charge is 2.15. The van der Waals surface area contributed by atoms with E-state index < -0.39 is 10.8 Å². The average molecular weight is 391 g/mol. The molecule has 27 heavy (non-hydrogen) atoms. The van der Waals surface area contributed by atoms with Gasteiger partial charge in [-0.05, 0) is 31.2 Å². The van der Waals surface area contributed by atoms with Gasteiger partial charge in [-0.1, -0.05) is 11.6 Å². The molecule has 140 valence electrons. The van der Waals surface area contributed by atoms with Crippen LogP contribution in [0.5, 0.6) is 5.75 Å². The topological polar surface area (TPSA) is 123 Å². The molecule has 0 aliphatic heterocycles. The number of carbonyl (C=O) groups excluding carboxylic acids is 2. The Labute approximate surface area is 159 Å². The van der Waals surface area contributed by atoms with Crippen LogP contribution in [0.4, 0.5) is 22.7 Å². The van der Waals surface area contributed by atoms with E-state index >= 15 is 0 Å². The van der Waals surface area contributed by atoms with Crippen LogP contribution in [0.3, 0.4) is 0 Å². The summed E-state index contributed by atoms with van der Waals surface area (Å²) in [7, 11) is 1.45. The molecule has 1 N–H and O–H groups in total. The van der Waals surface area contributed by atoms with Crippen LogP contribution >= 0.6 is 11.6 Å². The Hall–Kier alpha value is -3.33. The lowest BCUT2D eigenvalue weighted by Gasteiger charge is -2.08. The van der Waals surface area contributed by atoms with Gasteiger partial charge in [0.05, 0.1) is 24.1 Å². The summed E-state index contributed by atoms with van der Waals surface area (Å²) in [5.41, 5.74) is 0.169. The number of amides is 1. The van der Waals surface area contributed by atoms with Crippen molar-refractivity contribution in [1.29, 1.82) is 0 Å². The van der Waals surface area contributed by atoms with E-state index in [4.69, 9.17) is 16.3 Å². The van der Waals surface area contributed by atoms with Gasteiger partial charge in [0.1, 0.15) is 17.2 Å². The van der Waals surface area contributed by atoms with E-state index in [-0.39, 0.29) is 40.0 Å². The summed E-state index contributed by atoms with van der Waals surface area (Å²) in [6.07, 6.45) is -0.286. The number of nitro benzene ring substituents is 1. The summed E-state index contributed by atoms with van der Waals surface area (Å²) in [6.45, 7) is 1.30. The molecule has 0 aromatic heterocycles. The molecule has 10 heteroatoms. The van der Waals surface area contributed by atoms with Gasteiger partial charge < -0.3 is 10.1 Å². The van der Waals surface area contributed by atoms with Crippen molar-refractivity contribution >= 4 is 46.0 Å². The third-order valence-electron chi connectivity index (χ3n) is 3.29. The van der Waals surface area contributed by atoms with Gasteiger partial charge in [-0.2, -0.15) is 0 Å². The van der Waals surface area contributed by atoms with Crippen LogP contribution in [0.25, 0.3) is 0 Å². The first-order valence-electron chi connectivity index (χ1n) is 7.63. The Morgan fingerprint density at radius 3 is 2.52 bits per heavy atom. The average Bonchev–Trinajstić information content (AvgIpc) is 2.60. The largest absolute Gasteiger partial charge is 0.497 e. The number of halogens is 1. The van der Waals surface area contributed by atoms with E-state index in [1.165, 1.54) is 38.3 Å². The van der Waals surface area contributed by atoms with Crippen molar-refractivity contribution < 1.29 is 19.2 Å². The number of ether oxygens (including phenoxy) is 1. The fourth-order valence-corrected chi connectivity index (χ4v) is 2.25. The Bertz CT molecular complexity index is 930. The Kier molecular flexibility index (Phi) is 6.56. The minimum absolute atomic E-state index is 0.00627. The summed E-state index contributed by atoms with van der Waals surface area (Å²) in [5.74, 6) is -0.360. The molecule has 0 aliphatic rings. The third-order valence-corrected chi connectivity index (χ3v) is 3.52. The monoisotopic (exact) mass is 390 g/mol. The van der Waals surface area contributed by atoms with E-state index in [2.05, 4.69) is 15.5 Å². The van der Waals surface area contributed by atoms with Crippen LogP contribution in [0, 0.1) is 10.1 Å². The van der Waals surface area contributed by atoms with Gasteiger partial charge in [-0.15, -0.1) is 10.2 Å². The lowest BCUT2D eigenvalue weighted by molar-refractivity contribution is -0.384. The maximum atomic E-state index is 11.8. The molecule has 0 bridgehead atoms. The molecule has 0 heterocycles. The Morgan fingerprint density at radius 1 is 1.19 bits per heavy atom. The van der Waals surface area contributed by atoms with Gasteiger partial charge in [0.25, 0.3) is 5.69 Å². The number of Topliss-reactive ketones (excluding diaryl/α,β-unsaturated/α-hetero) is 1. The quantitative estimate of drug-likeness (QED) is 0.320. The Balaban J connectivity index is 2.39. The van der Waals surface area contributed by atoms with Crippen LogP contribution < -0.4 is 10.1 Å². The highest BCUT2D eigenvalue weighted by atomic mass is 35.5. The minimum Gasteiger partial charge on any atom is -0.497 e. The molecule has 2 rings (SSSR count). The molecule has 0 atom stereocenters. The number of carbonyl (C=O) groups is 2. The molecule has 9 nitrogen and oxygen atoms in total. The first-order chi connectivity index (χ1) is 12.8. The normalized spacial score (nSPS) is 10.6. The molecule has 1 amide bonds. The molecule has 0 saturated carbocycles. The predicted molar refractivity (Wildman–Crippen MR) is 99.2 cm³/mol. The van der Waals surface area contributed by atoms with Crippen LogP contribution in [-0.4, -0.2) is 23.7 Å². The van der Waals surface area contributed by atoms with Crippen LogP contribution in [0.2, 0.25) is 5.02 Å². The molecular formula is C17H15ClN4O5. The van der Waals surface area contributed by atoms with E-state index in [1.54, 1.807) is 6.07 Å². The summed E-state index contributed by atoms with van der Waals surface area (Å²) in [6, 6.07) is 8.59.